The van der Waals surface area contributed by atoms with Crippen molar-refractivity contribution in [2.45, 2.75) is 199 Å². The first-order valence-corrected chi connectivity index (χ1v) is 26.5. The summed E-state index contributed by atoms with van der Waals surface area (Å²) in [6.45, 7) is 14.3. The van der Waals surface area contributed by atoms with Crippen LogP contribution in [-0.2, 0) is 47.4 Å². The van der Waals surface area contributed by atoms with E-state index >= 15 is 0 Å². The molecule has 0 aliphatic carbocycles. The van der Waals surface area contributed by atoms with Gasteiger partial charge in [-0.25, -0.2) is 24.0 Å². The van der Waals surface area contributed by atoms with Crippen LogP contribution in [0.25, 0.3) is 0 Å². The Morgan fingerprint density at radius 1 is 0.613 bits per heavy atom. The van der Waals surface area contributed by atoms with Gasteiger partial charge in [0.2, 0.25) is 11.7 Å². The van der Waals surface area contributed by atoms with Crippen molar-refractivity contribution in [1.29, 1.82) is 0 Å². The summed E-state index contributed by atoms with van der Waals surface area (Å²) in [5, 5.41) is 3.07. The van der Waals surface area contributed by atoms with Gasteiger partial charge in [-0.1, -0.05) is 132 Å². The molecular weight excluding hydrogens is 963 g/mol. The van der Waals surface area contributed by atoms with E-state index in [1.165, 1.54) is 31.2 Å². The molecule has 1 aliphatic heterocycles. The van der Waals surface area contributed by atoms with Crippen LogP contribution < -0.4 is 5.32 Å². The Balaban J connectivity index is 1.88. The smallest absolute Gasteiger partial charge is 0.452 e. The number of allylic oxidation sites excluding steroid dienone is 1. The van der Waals surface area contributed by atoms with E-state index in [0.29, 0.717) is 12.8 Å². The maximum Gasteiger partial charge on any atom is 0.509 e. The Hall–Kier alpha value is -6.26. The van der Waals surface area contributed by atoms with Crippen LogP contribution in [0.3, 0.4) is 0 Å². The van der Waals surface area contributed by atoms with Crippen molar-refractivity contribution in [2.75, 3.05) is 13.2 Å². The Bertz CT molecular complexity index is 2240. The summed E-state index contributed by atoms with van der Waals surface area (Å²) in [5.74, 6) is -5.02. The zero-order chi connectivity index (χ0) is 54.9. The van der Waals surface area contributed by atoms with Crippen LogP contribution >= 0.6 is 0 Å². The van der Waals surface area contributed by atoms with Gasteiger partial charge in [0.05, 0.1) is 29.3 Å². The van der Waals surface area contributed by atoms with Gasteiger partial charge in [-0.05, 0) is 110 Å². The lowest BCUT2D eigenvalue weighted by atomic mass is 9.92. The molecule has 1 heterocycles. The number of ether oxygens (including phenoxy) is 9. The van der Waals surface area contributed by atoms with Gasteiger partial charge in [0.15, 0.2) is 18.3 Å². The van der Waals surface area contributed by atoms with Crippen molar-refractivity contribution >= 4 is 36.1 Å². The Morgan fingerprint density at radius 3 is 1.65 bits per heavy atom. The van der Waals surface area contributed by atoms with E-state index in [0.717, 1.165) is 64.2 Å². The van der Waals surface area contributed by atoms with Gasteiger partial charge in [0.25, 0.3) is 0 Å². The molecule has 3 aromatic rings. The van der Waals surface area contributed by atoms with Gasteiger partial charge >= 0.3 is 30.2 Å². The number of rotatable bonds is 28. The van der Waals surface area contributed by atoms with Crippen LogP contribution in [0.15, 0.2) is 103 Å². The zero-order valence-corrected chi connectivity index (χ0v) is 45.5. The highest BCUT2D eigenvalue weighted by atomic mass is 16.8. The molecule has 0 radical (unpaired) electrons. The molecular formula is C59H81NO15. The fourth-order valence-electron chi connectivity index (χ4n) is 8.08. The molecule has 1 aliphatic rings. The first-order chi connectivity index (χ1) is 35.7. The number of hydrogen-bond acceptors (Lipinski definition) is 15. The minimum atomic E-state index is -2.21. The Labute approximate surface area is 443 Å². The number of amides is 1. The minimum Gasteiger partial charge on any atom is -0.452 e. The molecule has 0 aromatic heterocycles. The lowest BCUT2D eigenvalue weighted by Crippen LogP contribution is -2.68. The summed E-state index contributed by atoms with van der Waals surface area (Å²) in [7, 11) is 0. The standard InChI is InChI=1S/C59H81NO15/c1-10-12-14-16-18-20-31-39-48(61)60-45(46(38-30-19-17-15-13-11-2)69-52(62)42-32-24-21-25-33-42)40-68-59(9)51(72-54(64)44-36-28-23-29-37-44)50(70-53(63)43-34-26-22-27-35-43)49(71-56(66)75-58(6,7)8)47(73-59)41-67-55(65)74-57(3,4)5/h21-30,32-38,45-47,49-51H,10-20,31,39-41H2,1-9H3,(H,60,61)/b38-30+/t45-,46+,47+,49-,50-,51+,59+/m0/s1. The van der Waals surface area contributed by atoms with Crippen LogP contribution in [0.1, 0.15) is 177 Å². The number of unbranched alkanes of at least 4 members (excludes halogenated alkanes) is 10. The molecule has 1 amide bonds. The number of nitrogens with one attached hydrogen (secondary N) is 1. The van der Waals surface area contributed by atoms with E-state index in [-0.39, 0.29) is 29.0 Å². The predicted octanol–water partition coefficient (Wildman–Crippen LogP) is 12.2. The van der Waals surface area contributed by atoms with E-state index in [2.05, 4.69) is 19.2 Å². The van der Waals surface area contributed by atoms with Gasteiger partial charge in [-0.15, -0.1) is 0 Å². The number of hydrogen-bond donors (Lipinski definition) is 1. The molecule has 7 atom stereocenters. The second-order valence-corrected chi connectivity index (χ2v) is 20.8. The predicted molar refractivity (Wildman–Crippen MR) is 282 cm³/mol. The highest BCUT2D eigenvalue weighted by molar-refractivity contribution is 5.91. The van der Waals surface area contributed by atoms with Crippen LogP contribution in [0.4, 0.5) is 9.59 Å². The third kappa shape index (κ3) is 22.2. The second-order valence-electron chi connectivity index (χ2n) is 20.8. The van der Waals surface area contributed by atoms with Gasteiger partial charge < -0.3 is 47.9 Å². The van der Waals surface area contributed by atoms with Crippen molar-refractivity contribution < 1.29 is 71.4 Å². The second kappa shape index (κ2) is 30.9. The van der Waals surface area contributed by atoms with E-state index in [1.807, 2.05) is 6.08 Å². The highest BCUT2D eigenvalue weighted by Gasteiger charge is 2.60. The molecule has 4 rings (SSSR count). The van der Waals surface area contributed by atoms with Gasteiger partial charge in [0.1, 0.15) is 30.0 Å². The average Bonchev–Trinajstić information content (AvgIpc) is 3.36. The summed E-state index contributed by atoms with van der Waals surface area (Å²) in [6.07, 6.45) is 5.02. The quantitative estimate of drug-likeness (QED) is 0.0312. The van der Waals surface area contributed by atoms with Crippen LogP contribution in [-0.4, -0.2) is 103 Å². The van der Waals surface area contributed by atoms with Crippen molar-refractivity contribution in [3.63, 3.8) is 0 Å². The zero-order valence-electron chi connectivity index (χ0n) is 45.5. The van der Waals surface area contributed by atoms with E-state index in [9.17, 15) is 28.8 Å². The molecule has 0 saturated carbocycles. The lowest BCUT2D eigenvalue weighted by molar-refractivity contribution is -0.356. The van der Waals surface area contributed by atoms with Crippen molar-refractivity contribution in [3.05, 3.63) is 120 Å². The van der Waals surface area contributed by atoms with Crippen molar-refractivity contribution in [3.8, 4) is 0 Å². The fraction of sp³-hybridized carbons (Fsp3) is 0.559. The monoisotopic (exact) mass is 1040 g/mol. The molecule has 1 N–H and O–H groups in total. The number of benzene rings is 3. The van der Waals surface area contributed by atoms with Gasteiger partial charge in [-0.2, -0.15) is 0 Å². The van der Waals surface area contributed by atoms with Crippen LogP contribution in [0.2, 0.25) is 0 Å². The number of carbonyl (C=O) groups excluding carboxylic acids is 6. The maximum absolute atomic E-state index is 14.3. The topological polar surface area (TPSA) is 198 Å². The largest absolute Gasteiger partial charge is 0.509 e. The molecule has 16 heteroatoms. The van der Waals surface area contributed by atoms with Gasteiger partial charge in [0, 0.05) is 6.42 Å². The number of carbonyl (C=O) groups is 6. The molecule has 1 fully saturated rings. The van der Waals surface area contributed by atoms with Crippen LogP contribution in [0.5, 0.6) is 0 Å². The summed E-state index contributed by atoms with van der Waals surface area (Å²) in [5.41, 5.74) is -1.58. The highest BCUT2D eigenvalue weighted by Crippen LogP contribution is 2.38. The van der Waals surface area contributed by atoms with Crippen molar-refractivity contribution in [1.82, 2.24) is 5.32 Å². The molecule has 16 nitrogen and oxygen atoms in total. The van der Waals surface area contributed by atoms with E-state index in [4.69, 9.17) is 42.6 Å². The molecule has 0 unspecified atom stereocenters. The van der Waals surface area contributed by atoms with Crippen LogP contribution in [0, 0.1) is 0 Å². The summed E-state index contributed by atoms with van der Waals surface area (Å²) < 4.78 is 54.8. The first kappa shape index (κ1) is 61.3. The minimum absolute atomic E-state index is 0.0885. The molecule has 412 valence electrons. The third-order valence-electron chi connectivity index (χ3n) is 11.9. The first-order valence-electron chi connectivity index (χ1n) is 26.5. The van der Waals surface area contributed by atoms with Crippen molar-refractivity contribution in [2.24, 2.45) is 0 Å². The van der Waals surface area contributed by atoms with Gasteiger partial charge in [-0.3, -0.25) is 4.79 Å². The summed E-state index contributed by atoms with van der Waals surface area (Å²) in [4.78, 5) is 83.4. The normalized spacial score (nSPS) is 19.5. The average molecular weight is 1040 g/mol. The molecule has 1 saturated heterocycles. The third-order valence-corrected chi connectivity index (χ3v) is 11.9. The van der Waals surface area contributed by atoms with E-state index in [1.54, 1.807) is 114 Å². The summed E-state index contributed by atoms with van der Waals surface area (Å²) in [6, 6.07) is 23.3. The molecule has 75 heavy (non-hydrogen) atoms. The Morgan fingerprint density at radius 2 is 1.11 bits per heavy atom. The SMILES string of the molecule is CCCCCC/C=C/[C@@H](OC(=O)c1ccccc1)[C@H](CO[C@]1(C)O[C@H](COC(=O)OC(C)(C)C)[C@H](OC(=O)OC(C)(C)C)[C@H](OC(=O)c2ccccc2)[C@H]1OC(=O)c1ccccc1)NC(=O)CCCCCCCCC. The molecule has 0 bridgehead atoms. The summed E-state index contributed by atoms with van der Waals surface area (Å²) >= 11 is 0. The Kier molecular flexibility index (Phi) is 25.3. The maximum atomic E-state index is 14.3. The molecule has 0 spiro atoms. The molecule has 3 aromatic carbocycles. The lowest BCUT2D eigenvalue weighted by Gasteiger charge is -2.49. The number of esters is 3. The van der Waals surface area contributed by atoms with E-state index < -0.39 is 97.0 Å². The fourth-order valence-corrected chi connectivity index (χ4v) is 8.08.